The molecule has 2 aliphatic heterocycles. The third-order valence-electron chi connectivity index (χ3n) is 8.17. The minimum atomic E-state index is -1.59. The number of carbonyl (C=O) groups excluding carboxylic acids is 2. The number of aliphatic imine (C=N–C) groups is 1. The highest BCUT2D eigenvalue weighted by molar-refractivity contribution is 6.58. The van der Waals surface area contributed by atoms with Crippen LogP contribution in [-0.2, 0) is 4.79 Å². The Balaban J connectivity index is 1.14. The van der Waals surface area contributed by atoms with Crippen LogP contribution in [0.2, 0.25) is 5.02 Å². The molecule has 2 unspecified atom stereocenters. The lowest BCUT2D eigenvalue weighted by atomic mass is 9.79. The van der Waals surface area contributed by atoms with E-state index in [9.17, 15) is 19.6 Å². The molecule has 0 saturated heterocycles. The average Bonchev–Trinajstić information content (AvgIpc) is 3.43. The monoisotopic (exact) mass is 664 g/mol. The third-order valence-corrected chi connectivity index (χ3v) is 8.43. The zero-order chi connectivity index (χ0) is 33.8. The molecule has 2 aliphatic rings. The Hall–Kier alpha value is -5.17. The van der Waals surface area contributed by atoms with Crippen molar-refractivity contribution in [2.45, 2.75) is 25.6 Å². The summed E-state index contributed by atoms with van der Waals surface area (Å²) in [5, 5.41) is 30.0. The van der Waals surface area contributed by atoms with Gasteiger partial charge in [0, 0.05) is 34.8 Å². The van der Waals surface area contributed by atoms with Crippen LogP contribution < -0.4 is 31.2 Å². The second kappa shape index (κ2) is 14.3. The van der Waals surface area contributed by atoms with E-state index in [2.05, 4.69) is 26.1 Å². The number of carbonyl (C=O) groups is 2. The zero-order valence-corrected chi connectivity index (χ0v) is 27.1. The van der Waals surface area contributed by atoms with E-state index in [1.807, 2.05) is 49.4 Å². The molecule has 2 heterocycles. The van der Waals surface area contributed by atoms with Gasteiger partial charge in [-0.25, -0.2) is 0 Å². The highest BCUT2D eigenvalue weighted by Crippen LogP contribution is 2.35. The van der Waals surface area contributed by atoms with Crippen molar-refractivity contribution in [3.8, 4) is 16.9 Å². The fourth-order valence-electron chi connectivity index (χ4n) is 5.78. The Morgan fingerprint density at radius 1 is 0.938 bits per heavy atom. The molecule has 0 aromatic heterocycles. The number of benzene rings is 4. The van der Waals surface area contributed by atoms with Gasteiger partial charge in [-0.05, 0) is 66.0 Å². The van der Waals surface area contributed by atoms with Gasteiger partial charge >= 0.3 is 7.12 Å². The van der Waals surface area contributed by atoms with Gasteiger partial charge in [0.25, 0.3) is 5.91 Å². The first kappa shape index (κ1) is 32.8. The van der Waals surface area contributed by atoms with Crippen LogP contribution in [0.5, 0.6) is 5.75 Å². The van der Waals surface area contributed by atoms with Crippen molar-refractivity contribution in [3.63, 3.8) is 0 Å². The summed E-state index contributed by atoms with van der Waals surface area (Å²) in [6, 6.07) is 26.5. The van der Waals surface area contributed by atoms with Crippen molar-refractivity contribution in [3.05, 3.63) is 113 Å². The standard InChI is InChI=1S/C35H34BClN6O5/c1-21-41-42-34-30(40-33(22-9-11-27(37)12-10-22)29-19-28(48-2)13-14-31(29)43(21)34)20-32(44)38-15-16-39-35(45)25-7-3-5-23(17-25)24-6-4-8-26(18-24)36(46)47/h3-14,17-19,21,30,41,46-47H,15-16,20H2,1-2H3,(H,38,44)(H,39,45). The van der Waals surface area contributed by atoms with Crippen molar-refractivity contribution >= 4 is 53.2 Å². The van der Waals surface area contributed by atoms with E-state index < -0.39 is 13.2 Å². The normalized spacial score (nSPS) is 16.4. The number of ether oxygens (including phenoxy) is 1. The predicted octanol–water partition coefficient (Wildman–Crippen LogP) is 2.92. The average molecular weight is 665 g/mol. The molecule has 0 spiro atoms. The molecule has 0 saturated carbocycles. The summed E-state index contributed by atoms with van der Waals surface area (Å²) in [4.78, 5) is 33.4. The molecule has 48 heavy (non-hydrogen) atoms. The topological polar surface area (TPSA) is 148 Å². The smallest absolute Gasteiger partial charge is 0.488 e. The first-order chi connectivity index (χ1) is 23.2. The third kappa shape index (κ3) is 7.06. The maximum absolute atomic E-state index is 13.3. The highest BCUT2D eigenvalue weighted by atomic mass is 35.5. The van der Waals surface area contributed by atoms with E-state index in [1.165, 1.54) is 0 Å². The summed E-state index contributed by atoms with van der Waals surface area (Å²) in [7, 11) is 0.0280. The van der Waals surface area contributed by atoms with Crippen LogP contribution in [0, 0.1) is 0 Å². The number of nitrogens with zero attached hydrogens (tertiary/aromatic N) is 3. The van der Waals surface area contributed by atoms with Gasteiger partial charge in [0.2, 0.25) is 5.91 Å². The maximum atomic E-state index is 13.3. The quantitative estimate of drug-likeness (QED) is 0.129. The van der Waals surface area contributed by atoms with Crippen molar-refractivity contribution in [1.29, 1.82) is 0 Å². The van der Waals surface area contributed by atoms with Crippen molar-refractivity contribution in [1.82, 2.24) is 16.1 Å². The summed E-state index contributed by atoms with van der Waals surface area (Å²) in [6.07, 6.45) is -0.139. The van der Waals surface area contributed by atoms with Gasteiger partial charge in [0.1, 0.15) is 18.0 Å². The Labute approximate surface area is 283 Å². The number of fused-ring (bicyclic) bond motifs is 3. The lowest BCUT2D eigenvalue weighted by Crippen LogP contribution is -2.43. The van der Waals surface area contributed by atoms with Crippen LogP contribution in [0.15, 0.2) is 101 Å². The van der Waals surface area contributed by atoms with E-state index >= 15 is 0 Å². The van der Waals surface area contributed by atoms with Crippen LogP contribution in [-0.4, -0.2) is 72.9 Å². The number of hydrazone groups is 1. The van der Waals surface area contributed by atoms with Gasteiger partial charge in [0.15, 0.2) is 5.84 Å². The fourth-order valence-corrected chi connectivity index (χ4v) is 5.91. The lowest BCUT2D eigenvalue weighted by molar-refractivity contribution is -0.121. The molecule has 2 atom stereocenters. The molecule has 11 nitrogen and oxygen atoms in total. The van der Waals surface area contributed by atoms with E-state index in [0.29, 0.717) is 33.3 Å². The Morgan fingerprint density at radius 2 is 1.67 bits per heavy atom. The van der Waals surface area contributed by atoms with Crippen molar-refractivity contribution in [2.24, 2.45) is 10.1 Å². The fraction of sp³-hybridized carbons (Fsp3) is 0.200. The first-order valence-corrected chi connectivity index (χ1v) is 15.9. The predicted molar refractivity (Wildman–Crippen MR) is 188 cm³/mol. The second-order valence-corrected chi connectivity index (χ2v) is 11.9. The Bertz CT molecular complexity index is 1900. The maximum Gasteiger partial charge on any atom is 0.488 e. The van der Waals surface area contributed by atoms with Crippen LogP contribution in [0.4, 0.5) is 5.69 Å². The molecular weight excluding hydrogens is 631 g/mol. The lowest BCUT2D eigenvalue weighted by Gasteiger charge is -2.27. The Kier molecular flexibility index (Phi) is 9.76. The number of hydrogen-bond acceptors (Lipinski definition) is 9. The molecular formula is C35H34BClN6O5. The van der Waals surface area contributed by atoms with Gasteiger partial charge < -0.3 is 30.3 Å². The molecule has 0 radical (unpaired) electrons. The van der Waals surface area contributed by atoms with Gasteiger partial charge in [-0.1, -0.05) is 60.1 Å². The van der Waals surface area contributed by atoms with Crippen molar-refractivity contribution in [2.75, 3.05) is 25.1 Å². The van der Waals surface area contributed by atoms with Gasteiger partial charge in [-0.15, -0.1) is 0 Å². The van der Waals surface area contributed by atoms with Crippen LogP contribution >= 0.6 is 11.6 Å². The van der Waals surface area contributed by atoms with Crippen molar-refractivity contribution < 1.29 is 24.4 Å². The zero-order valence-electron chi connectivity index (χ0n) is 26.4. The molecule has 4 aromatic carbocycles. The summed E-state index contributed by atoms with van der Waals surface area (Å²) in [6.45, 7) is 2.41. The minimum Gasteiger partial charge on any atom is -0.497 e. The molecule has 0 bridgehead atoms. The van der Waals surface area contributed by atoms with E-state index in [0.717, 1.165) is 27.9 Å². The number of halogens is 1. The highest BCUT2D eigenvalue weighted by Gasteiger charge is 2.37. The minimum absolute atomic E-state index is 0.0313. The largest absolute Gasteiger partial charge is 0.497 e. The summed E-state index contributed by atoms with van der Waals surface area (Å²) >= 11 is 6.20. The first-order valence-electron chi connectivity index (χ1n) is 15.5. The van der Waals surface area contributed by atoms with Crippen LogP contribution in [0.25, 0.3) is 11.1 Å². The molecule has 0 fully saturated rings. The molecule has 13 heteroatoms. The summed E-state index contributed by atoms with van der Waals surface area (Å²) in [5.41, 5.74) is 8.68. The van der Waals surface area contributed by atoms with Gasteiger partial charge in [-0.2, -0.15) is 5.10 Å². The second-order valence-electron chi connectivity index (χ2n) is 11.4. The number of nitrogens with one attached hydrogen (secondary N) is 3. The van der Waals surface area contributed by atoms with Gasteiger partial charge in [-0.3, -0.25) is 20.0 Å². The van der Waals surface area contributed by atoms with Crippen LogP contribution in [0.1, 0.15) is 34.8 Å². The number of amides is 2. The SMILES string of the molecule is COc1ccc2c(c1)C(c1ccc(Cl)cc1)=NC(CC(=O)NCCNC(=O)c1cccc(-c3cccc(B(O)O)c3)c1)C1=NNC(C)N12. The molecule has 0 aliphatic carbocycles. The molecule has 4 aromatic rings. The van der Waals surface area contributed by atoms with Gasteiger partial charge in [0.05, 0.1) is 24.9 Å². The number of hydrogen-bond donors (Lipinski definition) is 5. The summed E-state index contributed by atoms with van der Waals surface area (Å²) in [5.74, 6) is 0.761. The molecule has 5 N–H and O–H groups in total. The molecule has 2 amide bonds. The van der Waals surface area contributed by atoms with E-state index in [4.69, 9.17) is 21.3 Å². The van der Waals surface area contributed by atoms with E-state index in [1.54, 1.807) is 55.6 Å². The number of amidine groups is 1. The number of methoxy groups -OCH3 is 1. The number of anilines is 1. The van der Waals surface area contributed by atoms with Crippen LogP contribution in [0.3, 0.4) is 0 Å². The van der Waals surface area contributed by atoms with E-state index in [-0.39, 0.29) is 37.5 Å². The number of rotatable bonds is 10. The Morgan fingerprint density at radius 3 is 2.42 bits per heavy atom. The molecule has 244 valence electrons. The summed E-state index contributed by atoms with van der Waals surface area (Å²) < 4.78 is 5.54. The molecule has 6 rings (SSSR count).